The number of carbonyl (C=O) groups is 1. The molecule has 2 aliphatic rings. The number of benzene rings is 2. The molecule has 1 fully saturated rings. The lowest BCUT2D eigenvalue weighted by Crippen LogP contribution is -2.37. The van der Waals surface area contributed by atoms with Gasteiger partial charge in [-0.1, -0.05) is 41.9 Å². The molecule has 0 radical (unpaired) electrons. The molecule has 1 aromatic heterocycles. The second kappa shape index (κ2) is 12.4. The Kier molecular flexibility index (Phi) is 8.92. The van der Waals surface area contributed by atoms with Crippen molar-refractivity contribution in [3.05, 3.63) is 64.3 Å². The Balaban J connectivity index is 1.44. The zero-order valence-corrected chi connectivity index (χ0v) is 24.3. The van der Waals surface area contributed by atoms with E-state index in [1.807, 2.05) is 42.5 Å². The van der Waals surface area contributed by atoms with Gasteiger partial charge < -0.3 is 9.84 Å². The van der Waals surface area contributed by atoms with Crippen molar-refractivity contribution in [3.8, 4) is 22.4 Å². The van der Waals surface area contributed by atoms with Crippen LogP contribution in [0.25, 0.3) is 22.4 Å². The van der Waals surface area contributed by atoms with E-state index in [9.17, 15) is 13.2 Å². The van der Waals surface area contributed by atoms with E-state index in [4.69, 9.17) is 26.5 Å². The summed E-state index contributed by atoms with van der Waals surface area (Å²) in [5, 5.41) is 14.6. The minimum atomic E-state index is -3.34. The van der Waals surface area contributed by atoms with Crippen LogP contribution in [0.2, 0.25) is 5.02 Å². The number of sulfonamides is 1. The highest BCUT2D eigenvalue weighted by molar-refractivity contribution is 7.88. The molecule has 0 spiro atoms. The summed E-state index contributed by atoms with van der Waals surface area (Å²) in [6.07, 6.45) is 3.37. The van der Waals surface area contributed by atoms with E-state index in [1.54, 1.807) is 0 Å². The van der Waals surface area contributed by atoms with Crippen LogP contribution < -0.4 is 0 Å². The van der Waals surface area contributed by atoms with Crippen LogP contribution in [0.1, 0.15) is 29.7 Å². The molecule has 40 heavy (non-hydrogen) atoms. The molecule has 2 aromatic carbocycles. The number of hydrogen-bond donors (Lipinski definition) is 1. The zero-order chi connectivity index (χ0) is 28.3. The maximum atomic E-state index is 12.4. The minimum absolute atomic E-state index is 0.0836. The maximum Gasteiger partial charge on any atom is 0.303 e. The number of aryl methyl sites for hydroxylation is 2. The van der Waals surface area contributed by atoms with Crippen LogP contribution in [-0.4, -0.2) is 84.1 Å². The predicted molar refractivity (Wildman–Crippen MR) is 155 cm³/mol. The highest BCUT2D eigenvalue weighted by Crippen LogP contribution is 2.36. The molecule has 0 aliphatic carbocycles. The lowest BCUT2D eigenvalue weighted by Gasteiger charge is -2.27. The molecule has 3 aromatic rings. The standard InChI is InChI=1S/C29H35ClN4O5S/c1-40(37,38)33-14-11-27-25(20-33)29(31-34(27)13-2-12-32-15-17-39-18-16-32)23-8-9-26(30)24(19-23)22-6-3-21(4-7-22)5-10-28(35)36/h3-4,6-9,19H,2,5,10-18,20H2,1H3,(H,35,36). The molecule has 11 heteroatoms. The molecule has 0 saturated carbocycles. The van der Waals surface area contributed by atoms with Crippen LogP contribution in [0.3, 0.4) is 0 Å². The molecule has 0 atom stereocenters. The van der Waals surface area contributed by atoms with Crippen LogP contribution in [0.5, 0.6) is 0 Å². The third-order valence-corrected chi connectivity index (χ3v) is 9.23. The summed E-state index contributed by atoms with van der Waals surface area (Å²) < 4.78 is 33.9. The first-order chi connectivity index (χ1) is 19.2. The van der Waals surface area contributed by atoms with Crippen molar-refractivity contribution in [1.29, 1.82) is 0 Å². The van der Waals surface area contributed by atoms with E-state index >= 15 is 0 Å². The van der Waals surface area contributed by atoms with E-state index < -0.39 is 16.0 Å². The number of rotatable bonds is 10. The first-order valence-corrected chi connectivity index (χ1v) is 15.9. The topological polar surface area (TPSA) is 105 Å². The molecule has 9 nitrogen and oxygen atoms in total. The van der Waals surface area contributed by atoms with Crippen molar-refractivity contribution in [2.75, 3.05) is 45.6 Å². The van der Waals surface area contributed by atoms with Gasteiger partial charge in [0.1, 0.15) is 0 Å². The third-order valence-electron chi connectivity index (χ3n) is 7.65. The Hall–Kier alpha value is -2.76. The van der Waals surface area contributed by atoms with Crippen LogP contribution in [0.4, 0.5) is 0 Å². The molecule has 2 aliphatic heterocycles. The smallest absolute Gasteiger partial charge is 0.303 e. The molecule has 5 rings (SSSR count). The lowest BCUT2D eigenvalue weighted by atomic mass is 9.97. The van der Waals surface area contributed by atoms with Gasteiger partial charge in [0.15, 0.2) is 0 Å². The SMILES string of the molecule is CS(=O)(=O)N1CCc2c(c(-c3ccc(Cl)c(-c4ccc(CCC(=O)O)cc4)c3)nn2CCCN2CCOCC2)C1. The van der Waals surface area contributed by atoms with E-state index in [0.717, 1.165) is 85.0 Å². The molecule has 214 valence electrons. The summed E-state index contributed by atoms with van der Waals surface area (Å²) in [6.45, 7) is 5.90. The summed E-state index contributed by atoms with van der Waals surface area (Å²) in [7, 11) is -3.34. The molecule has 0 amide bonds. The Bertz CT molecular complexity index is 1470. The lowest BCUT2D eigenvalue weighted by molar-refractivity contribution is -0.136. The predicted octanol–water partition coefficient (Wildman–Crippen LogP) is 3.93. The number of aliphatic carboxylic acids is 1. The Morgan fingerprint density at radius 2 is 1.77 bits per heavy atom. The quantitative estimate of drug-likeness (QED) is 0.384. The van der Waals surface area contributed by atoms with Gasteiger partial charge in [0.25, 0.3) is 0 Å². The van der Waals surface area contributed by atoms with E-state index in [-0.39, 0.29) is 6.42 Å². The highest BCUT2D eigenvalue weighted by Gasteiger charge is 2.30. The van der Waals surface area contributed by atoms with Gasteiger partial charge in [-0.3, -0.25) is 14.4 Å². The first-order valence-electron chi connectivity index (χ1n) is 13.6. The fraction of sp³-hybridized carbons (Fsp3) is 0.448. The zero-order valence-electron chi connectivity index (χ0n) is 22.7. The number of hydrogen-bond acceptors (Lipinski definition) is 6. The molecule has 3 heterocycles. The van der Waals surface area contributed by atoms with Gasteiger partial charge >= 0.3 is 5.97 Å². The summed E-state index contributed by atoms with van der Waals surface area (Å²) in [5.74, 6) is -0.821. The van der Waals surface area contributed by atoms with Gasteiger partial charge in [0, 0.05) is 79.5 Å². The fourth-order valence-electron chi connectivity index (χ4n) is 5.43. The number of nitrogens with zero attached hydrogens (tertiary/aromatic N) is 4. The Morgan fingerprint density at radius 3 is 2.48 bits per heavy atom. The second-order valence-electron chi connectivity index (χ2n) is 10.4. The van der Waals surface area contributed by atoms with Gasteiger partial charge in [-0.05, 0) is 36.1 Å². The van der Waals surface area contributed by atoms with Crippen molar-refractivity contribution in [2.45, 2.75) is 38.8 Å². The second-order valence-corrected chi connectivity index (χ2v) is 12.8. The third kappa shape index (κ3) is 6.75. The van der Waals surface area contributed by atoms with E-state index in [2.05, 4.69) is 9.58 Å². The number of aromatic nitrogens is 2. The fourth-order valence-corrected chi connectivity index (χ4v) is 6.44. The number of ether oxygens (including phenoxy) is 1. The van der Waals surface area contributed by atoms with Crippen LogP contribution >= 0.6 is 11.6 Å². The summed E-state index contributed by atoms with van der Waals surface area (Å²) in [6, 6.07) is 13.6. The van der Waals surface area contributed by atoms with Gasteiger partial charge in [0.2, 0.25) is 10.0 Å². The first kappa shape index (κ1) is 28.8. The largest absolute Gasteiger partial charge is 0.481 e. The van der Waals surface area contributed by atoms with Crippen molar-refractivity contribution >= 4 is 27.6 Å². The normalized spacial score (nSPS) is 16.6. The molecule has 0 bridgehead atoms. The summed E-state index contributed by atoms with van der Waals surface area (Å²) >= 11 is 6.63. The molecule has 1 N–H and O–H groups in total. The minimum Gasteiger partial charge on any atom is -0.481 e. The van der Waals surface area contributed by atoms with Crippen molar-refractivity contribution < 1.29 is 23.1 Å². The Morgan fingerprint density at radius 1 is 1.05 bits per heavy atom. The number of morpholine rings is 1. The Labute approximate surface area is 240 Å². The molecular formula is C29H35ClN4O5S. The average Bonchev–Trinajstić information content (AvgIpc) is 3.30. The van der Waals surface area contributed by atoms with Gasteiger partial charge in [-0.25, -0.2) is 8.42 Å². The van der Waals surface area contributed by atoms with Crippen LogP contribution in [0, 0.1) is 0 Å². The van der Waals surface area contributed by atoms with Gasteiger partial charge in [0.05, 0.1) is 25.2 Å². The van der Waals surface area contributed by atoms with Gasteiger partial charge in [-0.15, -0.1) is 0 Å². The van der Waals surface area contributed by atoms with Crippen LogP contribution in [0.15, 0.2) is 42.5 Å². The van der Waals surface area contributed by atoms with Crippen molar-refractivity contribution in [2.24, 2.45) is 0 Å². The average molecular weight is 587 g/mol. The van der Waals surface area contributed by atoms with E-state index in [1.165, 1.54) is 10.6 Å². The number of halogens is 1. The van der Waals surface area contributed by atoms with E-state index in [0.29, 0.717) is 31.0 Å². The van der Waals surface area contributed by atoms with Crippen molar-refractivity contribution in [1.82, 2.24) is 19.0 Å². The molecule has 0 unspecified atom stereocenters. The summed E-state index contributed by atoms with van der Waals surface area (Å²) in [5.41, 5.74) is 6.41. The van der Waals surface area contributed by atoms with Crippen LogP contribution in [-0.2, 0) is 45.5 Å². The molecule has 1 saturated heterocycles. The number of carboxylic acid groups (broad SMARTS) is 1. The summed E-state index contributed by atoms with van der Waals surface area (Å²) in [4.78, 5) is 13.3. The number of carboxylic acids is 1. The maximum absolute atomic E-state index is 12.4. The molecular weight excluding hydrogens is 552 g/mol. The van der Waals surface area contributed by atoms with Gasteiger partial charge in [-0.2, -0.15) is 9.40 Å². The highest BCUT2D eigenvalue weighted by atomic mass is 35.5. The number of fused-ring (bicyclic) bond motifs is 1. The monoisotopic (exact) mass is 586 g/mol. The van der Waals surface area contributed by atoms with Crippen molar-refractivity contribution in [3.63, 3.8) is 0 Å².